The first-order valence-electron chi connectivity index (χ1n) is 7.14. The van der Waals surface area contributed by atoms with Crippen LogP contribution in [0.25, 0.3) is 0 Å². The van der Waals surface area contributed by atoms with E-state index in [2.05, 4.69) is 24.3 Å². The predicted molar refractivity (Wildman–Crippen MR) is 80.2 cm³/mol. The summed E-state index contributed by atoms with van der Waals surface area (Å²) in [7, 11) is 0. The lowest BCUT2D eigenvalue weighted by atomic mass is 9.78. The Morgan fingerprint density at radius 1 is 1.25 bits per heavy atom. The first-order valence-corrected chi connectivity index (χ1v) is 7.14. The smallest absolute Gasteiger partial charge is 0.122 e. The zero-order chi connectivity index (χ0) is 14.1. The molecule has 0 heterocycles. The van der Waals surface area contributed by atoms with Gasteiger partial charge in [-0.15, -0.1) is 0 Å². The Balaban J connectivity index is 1.65. The van der Waals surface area contributed by atoms with Crippen molar-refractivity contribution in [2.24, 2.45) is 0 Å². The number of benzene rings is 2. The lowest BCUT2D eigenvalue weighted by molar-refractivity contribution is 0.199. The van der Waals surface area contributed by atoms with E-state index in [0.717, 1.165) is 29.9 Å². The minimum atomic E-state index is -0.429. The van der Waals surface area contributed by atoms with Crippen LogP contribution in [0.15, 0.2) is 42.5 Å². The highest BCUT2D eigenvalue weighted by molar-refractivity contribution is 5.41. The molecule has 0 fully saturated rings. The molecule has 1 aliphatic carbocycles. The maximum absolute atomic E-state index is 9.57. The summed E-state index contributed by atoms with van der Waals surface area (Å²) in [6, 6.07) is 14.5. The van der Waals surface area contributed by atoms with Crippen LogP contribution >= 0.6 is 0 Å². The van der Waals surface area contributed by atoms with E-state index in [9.17, 15) is 5.11 Å². The minimum Gasteiger partial charge on any atom is -0.493 e. The molecule has 0 bridgehead atoms. The van der Waals surface area contributed by atoms with Crippen LogP contribution in [-0.4, -0.2) is 11.7 Å². The van der Waals surface area contributed by atoms with Crippen molar-refractivity contribution in [1.29, 1.82) is 0 Å². The zero-order valence-corrected chi connectivity index (χ0v) is 12.0. The van der Waals surface area contributed by atoms with Gasteiger partial charge in [0.25, 0.3) is 0 Å². The molecule has 0 aliphatic heterocycles. The Morgan fingerprint density at radius 2 is 2.05 bits per heavy atom. The van der Waals surface area contributed by atoms with E-state index in [0.29, 0.717) is 5.92 Å². The van der Waals surface area contributed by atoms with Crippen LogP contribution in [0.4, 0.5) is 0 Å². The monoisotopic (exact) mass is 268 g/mol. The second-order valence-electron chi connectivity index (χ2n) is 5.61. The van der Waals surface area contributed by atoms with Crippen molar-refractivity contribution in [2.75, 3.05) is 6.61 Å². The van der Waals surface area contributed by atoms with Gasteiger partial charge in [0.1, 0.15) is 5.75 Å². The number of ether oxygens (including phenoxy) is 1. The molecule has 20 heavy (non-hydrogen) atoms. The van der Waals surface area contributed by atoms with Crippen LogP contribution in [0.2, 0.25) is 0 Å². The molecule has 3 rings (SSSR count). The van der Waals surface area contributed by atoms with Gasteiger partial charge in [-0.3, -0.25) is 0 Å². The molecule has 1 N–H and O–H groups in total. The van der Waals surface area contributed by atoms with Gasteiger partial charge in [0.05, 0.1) is 12.7 Å². The van der Waals surface area contributed by atoms with E-state index >= 15 is 0 Å². The third kappa shape index (κ3) is 2.44. The van der Waals surface area contributed by atoms with E-state index in [1.807, 2.05) is 25.1 Å². The van der Waals surface area contributed by atoms with Crippen LogP contribution in [0.3, 0.4) is 0 Å². The molecule has 104 valence electrons. The fourth-order valence-electron chi connectivity index (χ4n) is 2.80. The second kappa shape index (κ2) is 5.29. The number of aliphatic hydroxyl groups is 1. The normalized spacial score (nSPS) is 18.1. The molecule has 2 aromatic rings. The van der Waals surface area contributed by atoms with Crippen LogP contribution in [0.5, 0.6) is 5.75 Å². The summed E-state index contributed by atoms with van der Waals surface area (Å²) in [6.07, 6.45) is 0.683. The molecule has 0 radical (unpaired) electrons. The Bertz CT molecular complexity index is 617. The third-order valence-corrected chi connectivity index (χ3v) is 4.08. The van der Waals surface area contributed by atoms with Gasteiger partial charge in [-0.1, -0.05) is 30.3 Å². The molecular formula is C18H20O2. The van der Waals surface area contributed by atoms with Crippen LogP contribution < -0.4 is 4.74 Å². The molecule has 2 atom stereocenters. The summed E-state index contributed by atoms with van der Waals surface area (Å²) in [4.78, 5) is 0. The fourth-order valence-corrected chi connectivity index (χ4v) is 2.80. The summed E-state index contributed by atoms with van der Waals surface area (Å²) in [5.74, 6) is 1.43. The van der Waals surface area contributed by atoms with Gasteiger partial charge < -0.3 is 9.84 Å². The number of aliphatic hydroxyl groups excluding tert-OH is 1. The van der Waals surface area contributed by atoms with E-state index in [1.165, 1.54) is 11.1 Å². The maximum Gasteiger partial charge on any atom is 0.122 e. The highest BCUT2D eigenvalue weighted by Gasteiger charge is 2.25. The molecule has 0 saturated carbocycles. The molecule has 0 aromatic heterocycles. The van der Waals surface area contributed by atoms with Crippen molar-refractivity contribution in [1.82, 2.24) is 0 Å². The number of fused-ring (bicyclic) bond motifs is 1. The molecule has 2 heteroatoms. The number of rotatable bonds is 4. The summed E-state index contributed by atoms with van der Waals surface area (Å²) in [6.45, 7) is 4.53. The SMILES string of the molecule is Cc1cc(C(C)O)ccc1OCC1Cc2ccccc21. The van der Waals surface area contributed by atoms with Gasteiger partial charge in [0, 0.05) is 5.92 Å². The lowest BCUT2D eigenvalue weighted by Gasteiger charge is -2.30. The number of hydrogen-bond acceptors (Lipinski definition) is 2. The summed E-state index contributed by atoms with van der Waals surface area (Å²) < 4.78 is 5.95. The third-order valence-electron chi connectivity index (χ3n) is 4.08. The summed E-state index contributed by atoms with van der Waals surface area (Å²) >= 11 is 0. The highest BCUT2D eigenvalue weighted by Crippen LogP contribution is 2.35. The van der Waals surface area contributed by atoms with Crippen LogP contribution in [0, 0.1) is 6.92 Å². The summed E-state index contributed by atoms with van der Waals surface area (Å²) in [5, 5.41) is 9.57. The van der Waals surface area contributed by atoms with Crippen molar-refractivity contribution >= 4 is 0 Å². The molecule has 1 aliphatic rings. The largest absolute Gasteiger partial charge is 0.493 e. The van der Waals surface area contributed by atoms with Crippen LogP contribution in [-0.2, 0) is 6.42 Å². The molecular weight excluding hydrogens is 248 g/mol. The molecule has 0 amide bonds. The van der Waals surface area contributed by atoms with E-state index in [4.69, 9.17) is 4.74 Å². The lowest BCUT2D eigenvalue weighted by Crippen LogP contribution is -2.23. The van der Waals surface area contributed by atoms with Crippen molar-refractivity contribution < 1.29 is 9.84 Å². The predicted octanol–water partition coefficient (Wildman–Crippen LogP) is 3.77. The van der Waals surface area contributed by atoms with Crippen molar-refractivity contribution in [3.05, 3.63) is 64.7 Å². The average Bonchev–Trinajstić information content (AvgIpc) is 2.41. The number of aryl methyl sites for hydroxylation is 1. The van der Waals surface area contributed by atoms with Crippen LogP contribution in [0.1, 0.15) is 41.2 Å². The molecule has 2 nitrogen and oxygen atoms in total. The molecule has 0 saturated heterocycles. The van der Waals surface area contributed by atoms with Gasteiger partial charge in [0.2, 0.25) is 0 Å². The van der Waals surface area contributed by atoms with Crippen molar-refractivity contribution in [2.45, 2.75) is 32.3 Å². The van der Waals surface area contributed by atoms with Gasteiger partial charge >= 0.3 is 0 Å². The molecule has 2 aromatic carbocycles. The highest BCUT2D eigenvalue weighted by atomic mass is 16.5. The van der Waals surface area contributed by atoms with Gasteiger partial charge in [-0.25, -0.2) is 0 Å². The van der Waals surface area contributed by atoms with Gasteiger partial charge in [-0.2, -0.15) is 0 Å². The second-order valence-corrected chi connectivity index (χ2v) is 5.61. The quantitative estimate of drug-likeness (QED) is 0.914. The Morgan fingerprint density at radius 3 is 2.75 bits per heavy atom. The Kier molecular flexibility index (Phi) is 3.49. The first-order chi connectivity index (χ1) is 9.65. The van der Waals surface area contributed by atoms with Crippen molar-refractivity contribution in [3.8, 4) is 5.75 Å². The van der Waals surface area contributed by atoms with E-state index in [1.54, 1.807) is 6.92 Å². The summed E-state index contributed by atoms with van der Waals surface area (Å²) in [5.41, 5.74) is 4.88. The Hall–Kier alpha value is -1.80. The van der Waals surface area contributed by atoms with Gasteiger partial charge in [-0.05, 0) is 54.7 Å². The van der Waals surface area contributed by atoms with Gasteiger partial charge in [0.15, 0.2) is 0 Å². The molecule has 0 spiro atoms. The zero-order valence-electron chi connectivity index (χ0n) is 12.0. The van der Waals surface area contributed by atoms with Crippen molar-refractivity contribution in [3.63, 3.8) is 0 Å². The Labute approximate surface area is 120 Å². The minimum absolute atomic E-state index is 0.429. The average molecular weight is 268 g/mol. The fraction of sp³-hybridized carbons (Fsp3) is 0.333. The first kappa shape index (κ1) is 13.2. The standard InChI is InChI=1S/C18H20O2/c1-12-9-14(13(2)19)7-8-18(12)20-11-16-10-15-5-3-4-6-17(15)16/h3-9,13,16,19H,10-11H2,1-2H3. The number of hydrogen-bond donors (Lipinski definition) is 1. The van der Waals surface area contributed by atoms with E-state index < -0.39 is 6.10 Å². The molecule has 2 unspecified atom stereocenters. The topological polar surface area (TPSA) is 29.5 Å². The van der Waals surface area contributed by atoms with E-state index in [-0.39, 0.29) is 0 Å². The maximum atomic E-state index is 9.57.